The molecule has 8 aromatic carbocycles. The van der Waals surface area contributed by atoms with Gasteiger partial charge in [0.15, 0.2) is 0 Å². The molecule has 0 amide bonds. The summed E-state index contributed by atoms with van der Waals surface area (Å²) in [5.74, 6) is 0. The van der Waals surface area contributed by atoms with Gasteiger partial charge in [0, 0.05) is 44.0 Å². The van der Waals surface area contributed by atoms with Crippen LogP contribution >= 0.6 is 0 Å². The highest BCUT2D eigenvalue weighted by Crippen LogP contribution is 2.47. The van der Waals surface area contributed by atoms with Crippen LogP contribution in [0.2, 0.25) is 0 Å². The zero-order valence-electron chi connectivity index (χ0n) is 32.1. The molecule has 0 fully saturated rings. The van der Waals surface area contributed by atoms with Gasteiger partial charge in [-0.05, 0) is 77.9 Å². The maximum Gasteiger partial charge on any atom is 0.0811 e. The third-order valence-electron chi connectivity index (χ3n) is 11.8. The van der Waals surface area contributed by atoms with E-state index in [1.54, 1.807) is 0 Å². The largest absolute Gasteiger partial charge is 0.309 e. The van der Waals surface area contributed by atoms with E-state index in [-0.39, 0.29) is 0 Å². The Hall–Kier alpha value is -7.95. The van der Waals surface area contributed by atoms with Crippen LogP contribution in [0.25, 0.3) is 105 Å². The fraction of sp³-hybridized carbons (Fsp3) is 0. The highest BCUT2D eigenvalue weighted by atomic mass is 15.1. The second-order valence-corrected chi connectivity index (χ2v) is 15.1. The van der Waals surface area contributed by atoms with Gasteiger partial charge in [0.05, 0.1) is 50.2 Å². The van der Waals surface area contributed by atoms with Gasteiger partial charge in [-0.15, -0.1) is 0 Å². The zero-order valence-corrected chi connectivity index (χ0v) is 32.1. The summed E-state index contributed by atoms with van der Waals surface area (Å²) in [5, 5.41) is 4.87. The van der Waals surface area contributed by atoms with Crippen molar-refractivity contribution in [3.8, 4) is 50.7 Å². The summed E-state index contributed by atoms with van der Waals surface area (Å²) in [5.41, 5.74) is 16.7. The number of nitrogens with zero attached hydrogens (tertiary/aromatic N) is 4. The Labute approximate surface area is 341 Å². The minimum Gasteiger partial charge on any atom is -0.309 e. The van der Waals surface area contributed by atoms with E-state index in [4.69, 9.17) is 4.98 Å². The smallest absolute Gasteiger partial charge is 0.0811 e. The highest BCUT2D eigenvalue weighted by Gasteiger charge is 2.26. The van der Waals surface area contributed by atoms with E-state index in [9.17, 15) is 0 Å². The predicted octanol–water partition coefficient (Wildman–Crippen LogP) is 14.2. The van der Waals surface area contributed by atoms with E-state index in [0.29, 0.717) is 0 Å². The molecule has 0 aliphatic rings. The quantitative estimate of drug-likeness (QED) is 0.166. The zero-order chi connectivity index (χ0) is 38.9. The molecule has 0 atom stereocenters. The molecule has 0 saturated heterocycles. The minimum atomic E-state index is 0.926. The van der Waals surface area contributed by atoms with Gasteiger partial charge in [0.1, 0.15) is 0 Å². The molecule has 0 radical (unpaired) electrons. The van der Waals surface area contributed by atoms with Gasteiger partial charge in [-0.25, -0.2) is 4.98 Å². The number of hydrogen-bond donors (Lipinski definition) is 0. The molecule has 4 heteroatoms. The molecule has 59 heavy (non-hydrogen) atoms. The normalized spacial score (nSPS) is 11.7. The molecular formula is C55H36N4. The van der Waals surface area contributed by atoms with Gasteiger partial charge in [0.25, 0.3) is 0 Å². The first-order valence-electron chi connectivity index (χ1n) is 20.1. The summed E-state index contributed by atoms with van der Waals surface area (Å²) in [4.78, 5) is 5.41. The van der Waals surface area contributed by atoms with Crippen molar-refractivity contribution in [3.05, 3.63) is 218 Å². The Bertz CT molecular complexity index is 3430. The lowest BCUT2D eigenvalue weighted by atomic mass is 9.99. The van der Waals surface area contributed by atoms with Crippen LogP contribution in [0.4, 0.5) is 0 Å². The molecular weight excluding hydrogens is 717 g/mol. The van der Waals surface area contributed by atoms with Crippen LogP contribution in [-0.2, 0) is 0 Å². The van der Waals surface area contributed by atoms with Crippen LogP contribution in [0.3, 0.4) is 0 Å². The number of pyridine rings is 1. The summed E-state index contributed by atoms with van der Waals surface area (Å²) < 4.78 is 7.39. The average Bonchev–Trinajstić information content (AvgIpc) is 3.95. The predicted molar refractivity (Wildman–Crippen MR) is 246 cm³/mol. The second kappa shape index (κ2) is 13.3. The van der Waals surface area contributed by atoms with Gasteiger partial charge in [0.2, 0.25) is 0 Å². The molecule has 0 unspecified atom stereocenters. The lowest BCUT2D eigenvalue weighted by molar-refractivity contribution is 1.17. The van der Waals surface area contributed by atoms with E-state index in [0.717, 1.165) is 61.7 Å². The second-order valence-electron chi connectivity index (χ2n) is 15.1. The van der Waals surface area contributed by atoms with E-state index in [2.05, 4.69) is 232 Å². The van der Waals surface area contributed by atoms with Crippen LogP contribution in [0.15, 0.2) is 218 Å². The Morgan fingerprint density at radius 2 is 0.797 bits per heavy atom. The molecule has 4 aromatic heterocycles. The van der Waals surface area contributed by atoms with Crippen LogP contribution in [0.5, 0.6) is 0 Å². The van der Waals surface area contributed by atoms with Crippen LogP contribution in [0.1, 0.15) is 0 Å². The molecule has 0 bridgehead atoms. The molecule has 4 nitrogen and oxygen atoms in total. The van der Waals surface area contributed by atoms with Crippen molar-refractivity contribution in [2.24, 2.45) is 0 Å². The first kappa shape index (κ1) is 33.2. The summed E-state index contributed by atoms with van der Waals surface area (Å²) in [7, 11) is 0. The molecule has 0 aliphatic heterocycles. The molecule has 0 saturated carbocycles. The summed E-state index contributed by atoms with van der Waals surface area (Å²) in [6.07, 6.45) is 0. The molecule has 276 valence electrons. The third kappa shape index (κ3) is 5.13. The fourth-order valence-electron chi connectivity index (χ4n) is 9.33. The van der Waals surface area contributed by atoms with E-state index in [1.807, 2.05) is 0 Å². The van der Waals surface area contributed by atoms with Crippen molar-refractivity contribution >= 4 is 54.6 Å². The van der Waals surface area contributed by atoms with Gasteiger partial charge < -0.3 is 13.7 Å². The van der Waals surface area contributed by atoms with Gasteiger partial charge in [-0.2, -0.15) is 0 Å². The van der Waals surface area contributed by atoms with Crippen LogP contribution in [-0.4, -0.2) is 18.7 Å². The monoisotopic (exact) mass is 752 g/mol. The SMILES string of the molecule is c1ccc(-c2cc(-c3ccccc3)nc(-c3ccccc3-n3c4ccccc4c4c5c(ccc43)n(-c3ccccc3)c3c4ccccc4n(-c4ccccc4)c53)c2)cc1. The fourth-order valence-corrected chi connectivity index (χ4v) is 9.33. The van der Waals surface area contributed by atoms with Crippen molar-refractivity contribution in [3.63, 3.8) is 0 Å². The lowest BCUT2D eigenvalue weighted by Crippen LogP contribution is -1.99. The number of aromatic nitrogens is 4. The Kier molecular flexibility index (Phi) is 7.50. The number of hydrogen-bond acceptors (Lipinski definition) is 1. The number of fused-ring (bicyclic) bond motifs is 9. The van der Waals surface area contributed by atoms with Crippen molar-refractivity contribution in [1.29, 1.82) is 0 Å². The van der Waals surface area contributed by atoms with Crippen molar-refractivity contribution in [1.82, 2.24) is 18.7 Å². The Morgan fingerprint density at radius 1 is 0.305 bits per heavy atom. The summed E-state index contributed by atoms with van der Waals surface area (Å²) in [6.45, 7) is 0. The highest BCUT2D eigenvalue weighted by molar-refractivity contribution is 6.31. The summed E-state index contributed by atoms with van der Waals surface area (Å²) >= 11 is 0. The number of benzene rings is 8. The van der Waals surface area contributed by atoms with Crippen molar-refractivity contribution in [2.75, 3.05) is 0 Å². The van der Waals surface area contributed by atoms with Crippen molar-refractivity contribution in [2.45, 2.75) is 0 Å². The van der Waals surface area contributed by atoms with Crippen LogP contribution in [0, 0.1) is 0 Å². The minimum absolute atomic E-state index is 0.926. The molecule has 4 heterocycles. The molecule has 12 rings (SSSR count). The van der Waals surface area contributed by atoms with E-state index in [1.165, 1.54) is 43.6 Å². The average molecular weight is 753 g/mol. The topological polar surface area (TPSA) is 27.7 Å². The molecule has 0 N–H and O–H groups in total. The molecule has 12 aromatic rings. The first-order chi connectivity index (χ1) is 29.3. The Morgan fingerprint density at radius 3 is 1.47 bits per heavy atom. The standard InChI is InChI=1S/C55H36N4/c1-5-19-37(20-6-1)39-35-45(38-21-7-2-8-22-38)56-46(36-39)42-27-13-16-30-47(42)59-48-31-17-14-28-43(48)52-50(59)33-34-51-53(52)55-54(58(51)41-25-11-4-12-26-41)44-29-15-18-32-49(44)57(55)40-23-9-3-10-24-40/h1-36H. The molecule has 0 aliphatic carbocycles. The summed E-state index contributed by atoms with van der Waals surface area (Å²) in [6, 6.07) is 78.3. The number of rotatable bonds is 6. The number of para-hydroxylation sites is 5. The Balaban J connectivity index is 1.21. The van der Waals surface area contributed by atoms with Crippen molar-refractivity contribution < 1.29 is 0 Å². The van der Waals surface area contributed by atoms with Gasteiger partial charge in [-0.1, -0.05) is 152 Å². The van der Waals surface area contributed by atoms with Gasteiger partial charge >= 0.3 is 0 Å². The first-order valence-corrected chi connectivity index (χ1v) is 20.1. The lowest BCUT2D eigenvalue weighted by Gasteiger charge is -2.16. The maximum atomic E-state index is 5.41. The van der Waals surface area contributed by atoms with Crippen LogP contribution < -0.4 is 0 Å². The van der Waals surface area contributed by atoms with E-state index >= 15 is 0 Å². The molecule has 0 spiro atoms. The van der Waals surface area contributed by atoms with E-state index < -0.39 is 0 Å². The third-order valence-corrected chi connectivity index (χ3v) is 11.8. The van der Waals surface area contributed by atoms with Gasteiger partial charge in [-0.3, -0.25) is 0 Å². The maximum absolute atomic E-state index is 5.41.